The Kier molecular flexibility index (Phi) is 5.46. The van der Waals surface area contributed by atoms with Crippen LogP contribution in [0.2, 0.25) is 5.02 Å². The molecule has 1 aromatic rings. The second kappa shape index (κ2) is 6.63. The summed E-state index contributed by atoms with van der Waals surface area (Å²) in [6.45, 7) is 4.96. The van der Waals surface area contributed by atoms with Crippen molar-refractivity contribution in [3.05, 3.63) is 28.8 Å². The minimum atomic E-state index is -0.114. The molecule has 0 amide bonds. The van der Waals surface area contributed by atoms with Crippen LogP contribution in [0.1, 0.15) is 32.3 Å². The molecule has 3 nitrogen and oxygen atoms in total. The first kappa shape index (κ1) is 14.8. The minimum absolute atomic E-state index is 0.114. The molecule has 1 rings (SSSR count). The van der Waals surface area contributed by atoms with Crippen LogP contribution in [-0.2, 0) is 0 Å². The molecule has 0 bridgehead atoms. The predicted octanol–water partition coefficient (Wildman–Crippen LogP) is 3.42. The zero-order chi connectivity index (χ0) is 13.6. The molecular weight excluding hydrogens is 248 g/mol. The molecule has 0 spiro atoms. The number of hydrogen-bond acceptors (Lipinski definition) is 3. The SMILES string of the molecule is CCC(CC)(CO)CNc1ccc(C#N)cc1Cl. The second-order valence-corrected chi connectivity index (χ2v) is 4.93. The average Bonchev–Trinajstić information content (AvgIpc) is 2.42. The second-order valence-electron chi connectivity index (χ2n) is 4.53. The fraction of sp³-hybridized carbons (Fsp3) is 0.500. The standard InChI is InChI=1S/C14H19ClN2O/c1-3-14(4-2,10-18)9-17-13-6-5-11(8-16)7-12(13)15/h5-7,17-18H,3-4,9-10H2,1-2H3. The van der Waals surface area contributed by atoms with Gasteiger partial charge in [-0.25, -0.2) is 0 Å². The summed E-state index contributed by atoms with van der Waals surface area (Å²) in [5.74, 6) is 0. The van der Waals surface area contributed by atoms with Gasteiger partial charge in [0.05, 0.1) is 28.9 Å². The van der Waals surface area contributed by atoms with Gasteiger partial charge in [-0.1, -0.05) is 25.4 Å². The largest absolute Gasteiger partial charge is 0.396 e. The number of benzene rings is 1. The molecule has 98 valence electrons. The molecule has 0 aromatic heterocycles. The fourth-order valence-electron chi connectivity index (χ4n) is 1.79. The molecule has 0 aliphatic rings. The van der Waals surface area contributed by atoms with E-state index in [0.29, 0.717) is 17.1 Å². The van der Waals surface area contributed by atoms with Gasteiger partial charge in [-0.2, -0.15) is 5.26 Å². The fourth-order valence-corrected chi connectivity index (χ4v) is 2.04. The molecular formula is C14H19ClN2O. The summed E-state index contributed by atoms with van der Waals surface area (Å²) in [4.78, 5) is 0. The van der Waals surface area contributed by atoms with Gasteiger partial charge in [0.25, 0.3) is 0 Å². The third-order valence-electron chi connectivity index (χ3n) is 3.59. The molecule has 0 fully saturated rings. The molecule has 0 aliphatic heterocycles. The van der Waals surface area contributed by atoms with Gasteiger partial charge >= 0.3 is 0 Å². The summed E-state index contributed by atoms with van der Waals surface area (Å²) in [6.07, 6.45) is 1.81. The van der Waals surface area contributed by atoms with Crippen molar-refractivity contribution in [3.8, 4) is 6.07 Å². The first-order chi connectivity index (χ1) is 8.60. The maximum Gasteiger partial charge on any atom is 0.0992 e. The lowest BCUT2D eigenvalue weighted by atomic mass is 9.83. The molecule has 0 saturated carbocycles. The number of nitrogens with zero attached hydrogens (tertiary/aromatic N) is 1. The molecule has 1 aromatic carbocycles. The first-order valence-corrected chi connectivity index (χ1v) is 6.53. The molecule has 0 heterocycles. The van der Waals surface area contributed by atoms with Crippen LogP contribution in [0.3, 0.4) is 0 Å². The van der Waals surface area contributed by atoms with E-state index in [1.165, 1.54) is 0 Å². The van der Waals surface area contributed by atoms with E-state index < -0.39 is 0 Å². The maximum absolute atomic E-state index is 9.49. The Morgan fingerprint density at radius 1 is 1.39 bits per heavy atom. The van der Waals surface area contributed by atoms with Crippen LogP contribution >= 0.6 is 11.6 Å². The summed E-state index contributed by atoms with van der Waals surface area (Å²) >= 11 is 6.09. The molecule has 2 N–H and O–H groups in total. The lowest BCUT2D eigenvalue weighted by Gasteiger charge is -2.30. The Labute approximate surface area is 113 Å². The lowest BCUT2D eigenvalue weighted by Crippen LogP contribution is -2.32. The van der Waals surface area contributed by atoms with Crippen LogP contribution < -0.4 is 5.32 Å². The lowest BCUT2D eigenvalue weighted by molar-refractivity contribution is 0.127. The Hall–Kier alpha value is -1.24. The van der Waals surface area contributed by atoms with Crippen molar-refractivity contribution in [2.45, 2.75) is 26.7 Å². The molecule has 0 unspecified atom stereocenters. The molecule has 0 atom stereocenters. The van der Waals surface area contributed by atoms with Crippen molar-refractivity contribution in [2.24, 2.45) is 5.41 Å². The highest BCUT2D eigenvalue weighted by Gasteiger charge is 2.25. The van der Waals surface area contributed by atoms with Crippen molar-refractivity contribution in [2.75, 3.05) is 18.5 Å². The average molecular weight is 267 g/mol. The summed E-state index contributed by atoms with van der Waals surface area (Å²) in [5.41, 5.74) is 1.23. The summed E-state index contributed by atoms with van der Waals surface area (Å²) in [6, 6.07) is 7.22. The van der Waals surface area contributed by atoms with E-state index in [0.717, 1.165) is 18.5 Å². The van der Waals surface area contributed by atoms with Gasteiger partial charge < -0.3 is 10.4 Å². The van der Waals surface area contributed by atoms with Gasteiger partial charge in [0.2, 0.25) is 0 Å². The van der Waals surface area contributed by atoms with Crippen LogP contribution in [-0.4, -0.2) is 18.3 Å². The van der Waals surface area contributed by atoms with Gasteiger partial charge in [0.1, 0.15) is 0 Å². The Bertz CT molecular complexity index is 428. The van der Waals surface area contributed by atoms with Gasteiger partial charge in [-0.05, 0) is 31.0 Å². The minimum Gasteiger partial charge on any atom is -0.396 e. The molecule has 18 heavy (non-hydrogen) atoms. The highest BCUT2D eigenvalue weighted by Crippen LogP contribution is 2.28. The van der Waals surface area contributed by atoms with Crippen molar-refractivity contribution in [3.63, 3.8) is 0 Å². The normalized spacial score (nSPS) is 11.1. The molecule has 4 heteroatoms. The van der Waals surface area contributed by atoms with Gasteiger partial charge in [0.15, 0.2) is 0 Å². The van der Waals surface area contributed by atoms with Crippen LogP contribution in [0.25, 0.3) is 0 Å². The monoisotopic (exact) mass is 266 g/mol. The van der Waals surface area contributed by atoms with Gasteiger partial charge in [-0.3, -0.25) is 0 Å². The molecule has 0 aliphatic carbocycles. The quantitative estimate of drug-likeness (QED) is 0.829. The number of nitriles is 1. The van der Waals surface area contributed by atoms with Crippen LogP contribution in [0.15, 0.2) is 18.2 Å². The number of anilines is 1. The zero-order valence-corrected chi connectivity index (χ0v) is 11.6. The van der Waals surface area contributed by atoms with Crippen molar-refractivity contribution in [1.29, 1.82) is 5.26 Å². The van der Waals surface area contributed by atoms with E-state index in [1.807, 2.05) is 6.07 Å². The van der Waals surface area contributed by atoms with E-state index in [1.54, 1.807) is 18.2 Å². The van der Waals surface area contributed by atoms with E-state index in [9.17, 15) is 5.11 Å². The van der Waals surface area contributed by atoms with Crippen molar-refractivity contribution >= 4 is 17.3 Å². The third-order valence-corrected chi connectivity index (χ3v) is 3.90. The molecule has 0 radical (unpaired) electrons. The van der Waals surface area contributed by atoms with E-state index in [4.69, 9.17) is 16.9 Å². The zero-order valence-electron chi connectivity index (χ0n) is 10.8. The third kappa shape index (κ3) is 3.38. The Morgan fingerprint density at radius 3 is 2.50 bits per heavy atom. The summed E-state index contributed by atoms with van der Waals surface area (Å²) in [5, 5.41) is 22.0. The van der Waals surface area contributed by atoms with Crippen LogP contribution in [0.4, 0.5) is 5.69 Å². The Morgan fingerprint density at radius 2 is 2.06 bits per heavy atom. The summed E-state index contributed by atoms with van der Waals surface area (Å²) < 4.78 is 0. The highest BCUT2D eigenvalue weighted by molar-refractivity contribution is 6.33. The van der Waals surface area contributed by atoms with E-state index >= 15 is 0 Å². The number of nitrogens with one attached hydrogen (secondary N) is 1. The molecule has 0 saturated heterocycles. The van der Waals surface area contributed by atoms with E-state index in [2.05, 4.69) is 19.2 Å². The van der Waals surface area contributed by atoms with Gasteiger partial charge in [-0.15, -0.1) is 0 Å². The van der Waals surface area contributed by atoms with Gasteiger partial charge in [0, 0.05) is 12.0 Å². The topological polar surface area (TPSA) is 56.0 Å². The van der Waals surface area contributed by atoms with E-state index in [-0.39, 0.29) is 12.0 Å². The highest BCUT2D eigenvalue weighted by atomic mass is 35.5. The van der Waals surface area contributed by atoms with Crippen molar-refractivity contribution < 1.29 is 5.11 Å². The van der Waals surface area contributed by atoms with Crippen molar-refractivity contribution in [1.82, 2.24) is 0 Å². The maximum atomic E-state index is 9.49. The number of hydrogen-bond donors (Lipinski definition) is 2. The van der Waals surface area contributed by atoms with Crippen LogP contribution in [0, 0.1) is 16.7 Å². The Balaban J connectivity index is 2.77. The van der Waals surface area contributed by atoms with Crippen LogP contribution in [0.5, 0.6) is 0 Å². The number of halogens is 1. The number of rotatable bonds is 6. The number of aliphatic hydroxyl groups is 1. The first-order valence-electron chi connectivity index (χ1n) is 6.15. The predicted molar refractivity (Wildman–Crippen MR) is 74.8 cm³/mol. The number of aliphatic hydroxyl groups excluding tert-OH is 1. The smallest absolute Gasteiger partial charge is 0.0992 e. The summed E-state index contributed by atoms with van der Waals surface area (Å²) in [7, 11) is 0.